The number of hydrogen-bond acceptors (Lipinski definition) is 5. The molecule has 0 unspecified atom stereocenters. The van der Waals surface area contributed by atoms with Crippen LogP contribution < -0.4 is 0 Å². The molecule has 0 saturated heterocycles. The molecule has 0 bridgehead atoms. The number of ether oxygens (including phenoxy) is 2. The van der Waals surface area contributed by atoms with Gasteiger partial charge in [0.05, 0.1) is 17.3 Å². The highest BCUT2D eigenvalue weighted by molar-refractivity contribution is 7.91. The lowest BCUT2D eigenvalue weighted by atomic mass is 10.2. The van der Waals surface area contributed by atoms with Crippen molar-refractivity contribution in [2.24, 2.45) is 0 Å². The van der Waals surface area contributed by atoms with E-state index >= 15 is 0 Å². The molecule has 1 rings (SSSR count). The molecule has 1 aromatic carbocycles. The van der Waals surface area contributed by atoms with Crippen LogP contribution in [-0.2, 0) is 19.3 Å². The van der Waals surface area contributed by atoms with Gasteiger partial charge in [0.2, 0.25) is 0 Å². The minimum absolute atomic E-state index is 0.177. The van der Waals surface area contributed by atoms with Gasteiger partial charge in [0.15, 0.2) is 9.84 Å². The van der Waals surface area contributed by atoms with Gasteiger partial charge in [0.1, 0.15) is 6.61 Å². The zero-order valence-electron chi connectivity index (χ0n) is 11.6. The minimum atomic E-state index is -3.47. The molecule has 0 aromatic heterocycles. The summed E-state index contributed by atoms with van der Waals surface area (Å²) in [6.45, 7) is 7.16. The fourth-order valence-electron chi connectivity index (χ4n) is 1.46. The van der Waals surface area contributed by atoms with E-state index in [1.54, 1.807) is 31.2 Å². The Morgan fingerprint density at radius 2 is 1.80 bits per heavy atom. The monoisotopic (exact) mass is 298 g/mol. The van der Waals surface area contributed by atoms with Gasteiger partial charge in [-0.1, -0.05) is 24.3 Å². The highest BCUT2D eigenvalue weighted by Crippen LogP contribution is 2.14. The first-order valence-corrected chi connectivity index (χ1v) is 7.76. The fourth-order valence-corrected chi connectivity index (χ4v) is 2.80. The molecule has 0 N–H and O–H groups in total. The van der Waals surface area contributed by atoms with Crippen molar-refractivity contribution in [2.45, 2.75) is 18.7 Å². The van der Waals surface area contributed by atoms with Crippen LogP contribution in [0.15, 0.2) is 41.3 Å². The van der Waals surface area contributed by atoms with Gasteiger partial charge in [-0.3, -0.25) is 0 Å². The third-order valence-corrected chi connectivity index (χ3v) is 4.21. The molecule has 0 atom stereocenters. The topological polar surface area (TPSA) is 69.7 Å². The summed E-state index contributed by atoms with van der Waals surface area (Å²) in [5.74, 6) is -0.268. The zero-order valence-corrected chi connectivity index (χ0v) is 12.4. The fraction of sp³-hybridized carbons (Fsp3) is 0.357. The minimum Gasteiger partial charge on any atom is -0.435 e. The Labute approximate surface area is 119 Å². The summed E-state index contributed by atoms with van der Waals surface area (Å²) in [5, 5.41) is 0. The van der Waals surface area contributed by atoms with Crippen molar-refractivity contribution in [3.8, 4) is 0 Å². The molecule has 0 aliphatic rings. The summed E-state index contributed by atoms with van der Waals surface area (Å²) >= 11 is 0. The van der Waals surface area contributed by atoms with E-state index < -0.39 is 16.0 Å². The Balaban J connectivity index is 2.60. The SMILES string of the molecule is C=C(COC(=O)OCC)CS(=O)(=O)c1ccc(C)cc1. The van der Waals surface area contributed by atoms with Crippen molar-refractivity contribution in [1.82, 2.24) is 0 Å². The van der Waals surface area contributed by atoms with E-state index in [9.17, 15) is 13.2 Å². The summed E-state index contributed by atoms with van der Waals surface area (Å²) in [5.41, 5.74) is 1.27. The molecule has 0 aliphatic carbocycles. The second-order valence-corrected chi connectivity index (χ2v) is 6.28. The molecule has 5 nitrogen and oxygen atoms in total. The van der Waals surface area contributed by atoms with Gasteiger partial charge in [-0.2, -0.15) is 0 Å². The van der Waals surface area contributed by atoms with Gasteiger partial charge < -0.3 is 9.47 Å². The Hall–Kier alpha value is -1.82. The van der Waals surface area contributed by atoms with E-state index in [1.807, 2.05) is 6.92 Å². The Kier molecular flexibility index (Phi) is 5.76. The molecular formula is C14H18O5S. The number of carbonyl (C=O) groups excluding carboxylic acids is 1. The van der Waals surface area contributed by atoms with Crippen LogP contribution in [0, 0.1) is 6.92 Å². The van der Waals surface area contributed by atoms with E-state index in [2.05, 4.69) is 11.3 Å². The number of rotatable bonds is 6. The normalized spacial score (nSPS) is 10.9. The van der Waals surface area contributed by atoms with Gasteiger partial charge in [0.25, 0.3) is 0 Å². The molecule has 0 heterocycles. The van der Waals surface area contributed by atoms with E-state index in [0.29, 0.717) is 5.57 Å². The van der Waals surface area contributed by atoms with Crippen LogP contribution in [0.25, 0.3) is 0 Å². The quantitative estimate of drug-likeness (QED) is 0.596. The highest BCUT2D eigenvalue weighted by Gasteiger charge is 2.16. The van der Waals surface area contributed by atoms with Crippen LogP contribution in [0.2, 0.25) is 0 Å². The van der Waals surface area contributed by atoms with Gasteiger partial charge in [-0.25, -0.2) is 13.2 Å². The molecule has 1 aromatic rings. The first-order valence-electron chi connectivity index (χ1n) is 6.10. The number of sulfone groups is 1. The van der Waals surface area contributed by atoms with E-state index in [0.717, 1.165) is 5.56 Å². The summed E-state index contributed by atoms with van der Waals surface area (Å²) < 4.78 is 33.5. The van der Waals surface area contributed by atoms with Crippen LogP contribution in [0.3, 0.4) is 0 Å². The maximum Gasteiger partial charge on any atom is 0.508 e. The molecule has 110 valence electrons. The van der Waals surface area contributed by atoms with E-state index in [4.69, 9.17) is 4.74 Å². The van der Waals surface area contributed by atoms with E-state index in [-0.39, 0.29) is 23.9 Å². The van der Waals surface area contributed by atoms with Gasteiger partial charge in [-0.15, -0.1) is 0 Å². The second-order valence-electron chi connectivity index (χ2n) is 4.29. The average molecular weight is 298 g/mol. The molecule has 0 amide bonds. The molecule has 0 spiro atoms. The van der Waals surface area contributed by atoms with Crippen molar-refractivity contribution < 1.29 is 22.7 Å². The van der Waals surface area contributed by atoms with Crippen LogP contribution in [0.1, 0.15) is 12.5 Å². The van der Waals surface area contributed by atoms with Crippen LogP contribution in [0.5, 0.6) is 0 Å². The van der Waals surface area contributed by atoms with E-state index in [1.165, 1.54) is 0 Å². The predicted molar refractivity (Wildman–Crippen MR) is 75.3 cm³/mol. The maximum atomic E-state index is 12.1. The molecule has 0 fully saturated rings. The molecule has 20 heavy (non-hydrogen) atoms. The average Bonchev–Trinajstić information content (AvgIpc) is 2.37. The maximum absolute atomic E-state index is 12.1. The third-order valence-electron chi connectivity index (χ3n) is 2.43. The third kappa shape index (κ3) is 5.05. The lowest BCUT2D eigenvalue weighted by Crippen LogP contribution is -2.15. The standard InChI is InChI=1S/C14H18O5S/c1-4-18-14(15)19-9-12(3)10-20(16,17)13-7-5-11(2)6-8-13/h5-8H,3-4,9-10H2,1-2H3. The molecule has 0 aliphatic heterocycles. The van der Waals surface area contributed by atoms with Crippen molar-refractivity contribution in [3.63, 3.8) is 0 Å². The molecular weight excluding hydrogens is 280 g/mol. The Bertz CT molecular complexity index is 572. The smallest absolute Gasteiger partial charge is 0.435 e. The van der Waals surface area contributed by atoms with Crippen molar-refractivity contribution >= 4 is 16.0 Å². The summed E-state index contributed by atoms with van der Waals surface area (Å²) in [6, 6.07) is 6.55. The second kappa shape index (κ2) is 7.09. The van der Waals surface area contributed by atoms with Crippen molar-refractivity contribution in [2.75, 3.05) is 19.0 Å². The van der Waals surface area contributed by atoms with Gasteiger partial charge >= 0.3 is 6.16 Å². The summed E-state index contributed by atoms with van der Waals surface area (Å²) in [6.07, 6.45) is -0.832. The summed E-state index contributed by atoms with van der Waals surface area (Å²) in [4.78, 5) is 11.2. The molecule has 0 saturated carbocycles. The highest BCUT2D eigenvalue weighted by atomic mass is 32.2. The number of aryl methyl sites for hydroxylation is 1. The molecule has 0 radical (unpaired) electrons. The van der Waals surface area contributed by atoms with Crippen LogP contribution >= 0.6 is 0 Å². The number of carbonyl (C=O) groups is 1. The lowest BCUT2D eigenvalue weighted by molar-refractivity contribution is 0.0657. The van der Waals surface area contributed by atoms with Crippen molar-refractivity contribution in [3.05, 3.63) is 42.0 Å². The Morgan fingerprint density at radius 1 is 1.20 bits per heavy atom. The Morgan fingerprint density at radius 3 is 2.35 bits per heavy atom. The largest absolute Gasteiger partial charge is 0.508 e. The number of benzene rings is 1. The summed E-state index contributed by atoms with van der Waals surface area (Å²) in [7, 11) is -3.47. The first kappa shape index (κ1) is 16.2. The molecule has 6 heteroatoms. The first-order chi connectivity index (χ1) is 9.35. The zero-order chi connectivity index (χ0) is 15.2. The van der Waals surface area contributed by atoms with Gasteiger partial charge in [-0.05, 0) is 31.6 Å². The predicted octanol–water partition coefficient (Wildman–Crippen LogP) is 2.50. The lowest BCUT2D eigenvalue weighted by Gasteiger charge is -2.08. The van der Waals surface area contributed by atoms with Crippen LogP contribution in [-0.4, -0.2) is 33.5 Å². The number of hydrogen-bond donors (Lipinski definition) is 0. The van der Waals surface area contributed by atoms with Gasteiger partial charge in [0, 0.05) is 0 Å². The van der Waals surface area contributed by atoms with Crippen molar-refractivity contribution in [1.29, 1.82) is 0 Å². The van der Waals surface area contributed by atoms with Crippen LogP contribution in [0.4, 0.5) is 4.79 Å².